The third-order valence-electron chi connectivity index (χ3n) is 3.63. The van der Waals surface area contributed by atoms with Crippen molar-refractivity contribution in [3.63, 3.8) is 0 Å². The first-order valence-electron chi connectivity index (χ1n) is 7.92. The standard InChI is InChI=1S/C17H27N3O2/c1-4-5-6-7-8-13(3)19-17(22)20-14-10-9-12(2)15(11-14)16(18)21/h9-11,13H,4-8H2,1-3H3,(H2,18,21)(H2,19,20,22). The second-order valence-electron chi connectivity index (χ2n) is 5.74. The SMILES string of the molecule is CCCCCCC(C)NC(=O)Nc1ccc(C)c(C(N)=O)c1. The molecule has 0 aliphatic heterocycles. The maximum Gasteiger partial charge on any atom is 0.319 e. The van der Waals surface area contributed by atoms with Crippen molar-refractivity contribution in [2.45, 2.75) is 58.9 Å². The van der Waals surface area contributed by atoms with Gasteiger partial charge >= 0.3 is 6.03 Å². The molecular weight excluding hydrogens is 278 g/mol. The van der Waals surface area contributed by atoms with E-state index in [-0.39, 0.29) is 12.1 Å². The molecule has 0 aromatic heterocycles. The highest BCUT2D eigenvalue weighted by Gasteiger charge is 2.10. The third kappa shape index (κ3) is 6.16. The summed E-state index contributed by atoms with van der Waals surface area (Å²) in [5.74, 6) is -0.495. The Morgan fingerprint density at radius 3 is 2.59 bits per heavy atom. The van der Waals surface area contributed by atoms with Crippen molar-refractivity contribution in [2.24, 2.45) is 5.73 Å². The molecule has 1 atom stereocenters. The van der Waals surface area contributed by atoms with Gasteiger partial charge in [-0.05, 0) is 38.0 Å². The Kier molecular flexibility index (Phi) is 7.43. The molecule has 3 amide bonds. The molecule has 5 heteroatoms. The second-order valence-corrected chi connectivity index (χ2v) is 5.74. The molecule has 1 unspecified atom stereocenters. The Bertz CT molecular complexity index is 515. The van der Waals surface area contributed by atoms with E-state index < -0.39 is 5.91 Å². The van der Waals surface area contributed by atoms with Gasteiger partial charge < -0.3 is 16.4 Å². The number of primary amides is 1. The molecule has 0 aliphatic carbocycles. The minimum atomic E-state index is -0.495. The summed E-state index contributed by atoms with van der Waals surface area (Å²) in [6, 6.07) is 4.99. The van der Waals surface area contributed by atoms with Gasteiger partial charge in [-0.2, -0.15) is 0 Å². The minimum absolute atomic E-state index is 0.123. The molecule has 5 nitrogen and oxygen atoms in total. The Morgan fingerprint density at radius 1 is 1.23 bits per heavy atom. The lowest BCUT2D eigenvalue weighted by Gasteiger charge is -2.15. The molecule has 0 spiro atoms. The van der Waals surface area contributed by atoms with Gasteiger partial charge in [0.15, 0.2) is 0 Å². The summed E-state index contributed by atoms with van der Waals surface area (Å²) in [6.07, 6.45) is 5.72. The molecule has 122 valence electrons. The number of rotatable bonds is 8. The fourth-order valence-electron chi connectivity index (χ4n) is 2.31. The average molecular weight is 305 g/mol. The highest BCUT2D eigenvalue weighted by atomic mass is 16.2. The van der Waals surface area contributed by atoms with Gasteiger partial charge in [-0.15, -0.1) is 0 Å². The zero-order chi connectivity index (χ0) is 16.5. The Morgan fingerprint density at radius 2 is 1.95 bits per heavy atom. The number of benzene rings is 1. The van der Waals surface area contributed by atoms with Gasteiger partial charge in [0.25, 0.3) is 0 Å². The predicted molar refractivity (Wildman–Crippen MR) is 90.1 cm³/mol. The Labute approximate surface area is 132 Å². The van der Waals surface area contributed by atoms with Crippen molar-refractivity contribution in [1.82, 2.24) is 5.32 Å². The quantitative estimate of drug-likeness (QED) is 0.641. The van der Waals surface area contributed by atoms with Crippen LogP contribution in [0.1, 0.15) is 61.9 Å². The summed E-state index contributed by atoms with van der Waals surface area (Å²) in [4.78, 5) is 23.2. The van der Waals surface area contributed by atoms with Crippen LogP contribution in [0.4, 0.5) is 10.5 Å². The molecule has 1 aromatic rings. The lowest BCUT2D eigenvalue weighted by atomic mass is 10.1. The normalized spacial score (nSPS) is 11.8. The first-order chi connectivity index (χ1) is 10.4. The van der Waals surface area contributed by atoms with Crippen LogP contribution in [0.3, 0.4) is 0 Å². The van der Waals surface area contributed by atoms with Crippen LogP contribution in [-0.4, -0.2) is 18.0 Å². The Hall–Kier alpha value is -2.04. The van der Waals surface area contributed by atoms with Crippen LogP contribution in [-0.2, 0) is 0 Å². The van der Waals surface area contributed by atoms with Crippen LogP contribution < -0.4 is 16.4 Å². The number of hydrogen-bond donors (Lipinski definition) is 3. The van der Waals surface area contributed by atoms with Gasteiger partial charge in [-0.3, -0.25) is 4.79 Å². The average Bonchev–Trinajstić information content (AvgIpc) is 2.45. The first kappa shape index (κ1) is 18.0. The molecule has 1 aromatic carbocycles. The molecule has 1 rings (SSSR count). The molecular formula is C17H27N3O2. The van der Waals surface area contributed by atoms with Crippen LogP contribution in [0.2, 0.25) is 0 Å². The summed E-state index contributed by atoms with van der Waals surface area (Å²) < 4.78 is 0. The number of anilines is 1. The zero-order valence-electron chi connectivity index (χ0n) is 13.7. The van der Waals surface area contributed by atoms with Crippen LogP contribution in [0, 0.1) is 6.92 Å². The lowest BCUT2D eigenvalue weighted by Crippen LogP contribution is -2.36. The summed E-state index contributed by atoms with van der Waals surface area (Å²) >= 11 is 0. The van der Waals surface area contributed by atoms with E-state index in [9.17, 15) is 9.59 Å². The largest absolute Gasteiger partial charge is 0.366 e. The molecule has 0 heterocycles. The number of unbranched alkanes of at least 4 members (excludes halogenated alkanes) is 3. The topological polar surface area (TPSA) is 84.2 Å². The van der Waals surface area contributed by atoms with Gasteiger partial charge in [-0.1, -0.05) is 38.7 Å². The second kappa shape index (κ2) is 9.07. The molecule has 0 bridgehead atoms. The number of nitrogens with two attached hydrogens (primary N) is 1. The monoisotopic (exact) mass is 305 g/mol. The number of carbonyl (C=O) groups is 2. The van der Waals surface area contributed by atoms with E-state index in [1.54, 1.807) is 18.2 Å². The number of aryl methyl sites for hydroxylation is 1. The molecule has 22 heavy (non-hydrogen) atoms. The third-order valence-corrected chi connectivity index (χ3v) is 3.63. The molecule has 0 saturated heterocycles. The maximum atomic E-state index is 11.9. The van der Waals surface area contributed by atoms with E-state index >= 15 is 0 Å². The van der Waals surface area contributed by atoms with Gasteiger partial charge in [0.05, 0.1) is 0 Å². The zero-order valence-corrected chi connectivity index (χ0v) is 13.7. The minimum Gasteiger partial charge on any atom is -0.366 e. The fraction of sp³-hybridized carbons (Fsp3) is 0.529. The van der Waals surface area contributed by atoms with Crippen molar-refractivity contribution >= 4 is 17.6 Å². The van der Waals surface area contributed by atoms with Crippen LogP contribution in [0.5, 0.6) is 0 Å². The maximum absolute atomic E-state index is 11.9. The first-order valence-corrected chi connectivity index (χ1v) is 7.92. The van der Waals surface area contributed by atoms with Crippen molar-refractivity contribution < 1.29 is 9.59 Å². The summed E-state index contributed by atoms with van der Waals surface area (Å²) in [7, 11) is 0. The highest BCUT2D eigenvalue weighted by molar-refractivity contribution is 5.97. The number of urea groups is 1. The van der Waals surface area contributed by atoms with Gasteiger partial charge in [0.1, 0.15) is 0 Å². The van der Waals surface area contributed by atoms with Crippen molar-refractivity contribution in [1.29, 1.82) is 0 Å². The van der Waals surface area contributed by atoms with Gasteiger partial charge in [-0.25, -0.2) is 4.79 Å². The van der Waals surface area contributed by atoms with Gasteiger partial charge in [0, 0.05) is 17.3 Å². The summed E-state index contributed by atoms with van der Waals surface area (Å²) in [5.41, 5.74) is 7.09. The molecule has 0 saturated carbocycles. The van der Waals surface area contributed by atoms with E-state index in [4.69, 9.17) is 5.73 Å². The summed E-state index contributed by atoms with van der Waals surface area (Å²) in [6.45, 7) is 5.98. The van der Waals surface area contributed by atoms with Crippen LogP contribution in [0.25, 0.3) is 0 Å². The van der Waals surface area contributed by atoms with Gasteiger partial charge in [0.2, 0.25) is 5.91 Å². The smallest absolute Gasteiger partial charge is 0.319 e. The van der Waals surface area contributed by atoms with E-state index in [1.807, 2.05) is 13.8 Å². The number of carbonyl (C=O) groups excluding carboxylic acids is 2. The van der Waals surface area contributed by atoms with Crippen molar-refractivity contribution in [3.8, 4) is 0 Å². The molecule has 0 aliphatic rings. The van der Waals surface area contributed by atoms with Crippen molar-refractivity contribution in [3.05, 3.63) is 29.3 Å². The van der Waals surface area contributed by atoms with E-state index in [2.05, 4.69) is 17.6 Å². The highest BCUT2D eigenvalue weighted by Crippen LogP contribution is 2.15. The molecule has 0 radical (unpaired) electrons. The number of amides is 3. The molecule has 0 fully saturated rings. The summed E-state index contributed by atoms with van der Waals surface area (Å²) in [5, 5.41) is 5.64. The number of nitrogens with one attached hydrogen (secondary N) is 2. The predicted octanol–water partition coefficient (Wildman–Crippen LogP) is 3.57. The fourth-order valence-corrected chi connectivity index (χ4v) is 2.31. The molecule has 4 N–H and O–H groups in total. The Balaban J connectivity index is 2.48. The van der Waals surface area contributed by atoms with Crippen molar-refractivity contribution in [2.75, 3.05) is 5.32 Å². The van der Waals surface area contributed by atoms with Crippen LogP contribution in [0.15, 0.2) is 18.2 Å². The van der Waals surface area contributed by atoms with Crippen LogP contribution >= 0.6 is 0 Å². The number of hydrogen-bond acceptors (Lipinski definition) is 2. The van der Waals surface area contributed by atoms with E-state index in [0.29, 0.717) is 11.3 Å². The van der Waals surface area contributed by atoms with E-state index in [0.717, 1.165) is 18.4 Å². The van der Waals surface area contributed by atoms with E-state index in [1.165, 1.54) is 19.3 Å². The lowest BCUT2D eigenvalue weighted by molar-refractivity contribution is 0.0999.